The third-order valence-electron chi connectivity index (χ3n) is 5.06. The molecule has 1 saturated heterocycles. The molecule has 1 N–H and O–H groups in total. The van der Waals surface area contributed by atoms with E-state index in [2.05, 4.69) is 5.32 Å². The number of rotatable bonds is 9. The van der Waals surface area contributed by atoms with Crippen LogP contribution in [0.5, 0.6) is 17.2 Å². The number of piperidine rings is 1. The molecule has 1 aromatic carbocycles. The minimum atomic E-state index is -0.204. The minimum absolute atomic E-state index is 0.0152. The van der Waals surface area contributed by atoms with Crippen LogP contribution in [-0.4, -0.2) is 55.7 Å². The van der Waals surface area contributed by atoms with Crippen molar-refractivity contribution in [1.82, 2.24) is 10.2 Å². The zero-order chi connectivity index (χ0) is 22.2. The van der Waals surface area contributed by atoms with Crippen molar-refractivity contribution in [3.8, 4) is 17.2 Å². The molecule has 2 heterocycles. The summed E-state index contributed by atoms with van der Waals surface area (Å²) in [4.78, 5) is 27.2. The predicted octanol–water partition coefficient (Wildman–Crippen LogP) is 3.51. The van der Waals surface area contributed by atoms with E-state index in [-0.39, 0.29) is 17.9 Å². The van der Waals surface area contributed by atoms with Crippen LogP contribution >= 0.6 is 0 Å². The lowest BCUT2D eigenvalue weighted by molar-refractivity contribution is 0.0697. The summed E-state index contributed by atoms with van der Waals surface area (Å²) in [6.45, 7) is 8.14. The van der Waals surface area contributed by atoms with Crippen molar-refractivity contribution in [2.75, 3.05) is 32.9 Å². The van der Waals surface area contributed by atoms with Gasteiger partial charge in [-0.3, -0.25) is 9.59 Å². The number of benzene rings is 1. The van der Waals surface area contributed by atoms with E-state index in [0.29, 0.717) is 74.1 Å². The number of carbonyl (C=O) groups is 2. The van der Waals surface area contributed by atoms with E-state index >= 15 is 0 Å². The Morgan fingerprint density at radius 2 is 1.61 bits per heavy atom. The minimum Gasteiger partial charge on any atom is -0.490 e. The Hall–Kier alpha value is -3.16. The SMILES string of the molecule is CCOc1cc(C(=O)NC2CCN(C(=O)c3ccoc3)CC2)cc(OCC)c1OCC. The van der Waals surface area contributed by atoms with Crippen LogP contribution in [0.3, 0.4) is 0 Å². The van der Waals surface area contributed by atoms with Crippen LogP contribution in [-0.2, 0) is 0 Å². The highest BCUT2D eigenvalue weighted by Gasteiger charge is 2.26. The molecule has 1 aliphatic heterocycles. The molecule has 31 heavy (non-hydrogen) atoms. The summed E-state index contributed by atoms with van der Waals surface area (Å²) in [6, 6.07) is 5.01. The highest BCUT2D eigenvalue weighted by atomic mass is 16.5. The summed E-state index contributed by atoms with van der Waals surface area (Å²) in [5.74, 6) is 1.23. The van der Waals surface area contributed by atoms with Crippen molar-refractivity contribution in [1.29, 1.82) is 0 Å². The summed E-state index contributed by atoms with van der Waals surface area (Å²) in [5.41, 5.74) is 0.996. The number of carbonyl (C=O) groups excluding carboxylic acids is 2. The monoisotopic (exact) mass is 430 g/mol. The van der Waals surface area contributed by atoms with E-state index in [1.54, 1.807) is 23.1 Å². The van der Waals surface area contributed by atoms with E-state index in [1.165, 1.54) is 12.5 Å². The van der Waals surface area contributed by atoms with Crippen LogP contribution in [0.15, 0.2) is 35.1 Å². The molecule has 8 nitrogen and oxygen atoms in total. The molecule has 0 atom stereocenters. The normalized spacial score (nSPS) is 14.2. The van der Waals surface area contributed by atoms with Gasteiger partial charge in [-0.2, -0.15) is 0 Å². The Morgan fingerprint density at radius 1 is 1.00 bits per heavy atom. The van der Waals surface area contributed by atoms with Crippen LogP contribution < -0.4 is 19.5 Å². The average molecular weight is 431 g/mol. The zero-order valence-electron chi connectivity index (χ0n) is 18.3. The second kappa shape index (κ2) is 10.7. The third kappa shape index (κ3) is 5.51. The number of ether oxygens (including phenoxy) is 3. The number of hydrogen-bond donors (Lipinski definition) is 1. The van der Waals surface area contributed by atoms with Crippen molar-refractivity contribution in [3.63, 3.8) is 0 Å². The fourth-order valence-electron chi connectivity index (χ4n) is 3.58. The van der Waals surface area contributed by atoms with Crippen molar-refractivity contribution >= 4 is 11.8 Å². The topological polar surface area (TPSA) is 90.2 Å². The van der Waals surface area contributed by atoms with Crippen LogP contribution in [0.4, 0.5) is 0 Å². The lowest BCUT2D eigenvalue weighted by Gasteiger charge is -2.32. The second-order valence-electron chi connectivity index (χ2n) is 7.15. The maximum Gasteiger partial charge on any atom is 0.257 e. The summed E-state index contributed by atoms with van der Waals surface area (Å²) < 4.78 is 22.1. The predicted molar refractivity (Wildman–Crippen MR) is 115 cm³/mol. The molecule has 0 radical (unpaired) electrons. The quantitative estimate of drug-likeness (QED) is 0.655. The molecule has 8 heteroatoms. The Morgan fingerprint density at radius 3 is 2.13 bits per heavy atom. The Balaban J connectivity index is 1.66. The molecule has 168 valence electrons. The molecule has 0 unspecified atom stereocenters. The molecule has 1 aromatic heterocycles. The maximum atomic E-state index is 12.9. The first kappa shape index (κ1) is 22.5. The molecule has 2 amide bonds. The van der Waals surface area contributed by atoms with Gasteiger partial charge in [0.05, 0.1) is 31.6 Å². The van der Waals surface area contributed by atoms with E-state index in [9.17, 15) is 9.59 Å². The molecule has 0 spiro atoms. The number of hydrogen-bond acceptors (Lipinski definition) is 6. The summed E-state index contributed by atoms with van der Waals surface area (Å²) in [7, 11) is 0. The van der Waals surface area contributed by atoms with E-state index in [0.717, 1.165) is 0 Å². The Kier molecular flexibility index (Phi) is 7.81. The smallest absolute Gasteiger partial charge is 0.257 e. The third-order valence-corrected chi connectivity index (χ3v) is 5.06. The van der Waals surface area contributed by atoms with Crippen LogP contribution in [0.1, 0.15) is 54.3 Å². The molecular formula is C23H30N2O6. The Bertz CT molecular complexity index is 845. The summed E-state index contributed by atoms with van der Waals surface area (Å²) in [6.07, 6.45) is 4.31. The molecule has 0 aliphatic carbocycles. The number of amides is 2. The van der Waals surface area contributed by atoms with E-state index in [1.807, 2.05) is 20.8 Å². The molecule has 0 saturated carbocycles. The Labute approximate surface area is 182 Å². The molecule has 0 bridgehead atoms. The molecule has 3 rings (SSSR count). The van der Waals surface area contributed by atoms with Gasteiger partial charge in [-0.05, 0) is 51.8 Å². The van der Waals surface area contributed by atoms with Gasteiger partial charge in [-0.15, -0.1) is 0 Å². The van der Waals surface area contributed by atoms with Crippen LogP contribution in [0, 0.1) is 0 Å². The van der Waals surface area contributed by atoms with E-state index in [4.69, 9.17) is 18.6 Å². The molecule has 1 aliphatic rings. The van der Waals surface area contributed by atoms with Crippen LogP contribution in [0.2, 0.25) is 0 Å². The molecule has 1 fully saturated rings. The van der Waals surface area contributed by atoms with Gasteiger partial charge in [0, 0.05) is 24.7 Å². The van der Waals surface area contributed by atoms with Gasteiger partial charge in [0.2, 0.25) is 5.75 Å². The summed E-state index contributed by atoms with van der Waals surface area (Å²) >= 11 is 0. The van der Waals surface area contributed by atoms with Crippen molar-refractivity contribution < 1.29 is 28.2 Å². The van der Waals surface area contributed by atoms with Crippen LogP contribution in [0.25, 0.3) is 0 Å². The van der Waals surface area contributed by atoms with Gasteiger partial charge in [0.1, 0.15) is 6.26 Å². The lowest BCUT2D eigenvalue weighted by atomic mass is 10.0. The maximum absolute atomic E-state index is 12.9. The number of furan rings is 1. The number of nitrogens with zero attached hydrogens (tertiary/aromatic N) is 1. The first-order valence-corrected chi connectivity index (χ1v) is 10.8. The van der Waals surface area contributed by atoms with E-state index < -0.39 is 0 Å². The first-order valence-electron chi connectivity index (χ1n) is 10.8. The fraction of sp³-hybridized carbons (Fsp3) is 0.478. The van der Waals surface area contributed by atoms with Crippen molar-refractivity contribution in [2.45, 2.75) is 39.7 Å². The zero-order valence-corrected chi connectivity index (χ0v) is 18.3. The second-order valence-corrected chi connectivity index (χ2v) is 7.15. The van der Waals surface area contributed by atoms with Gasteiger partial charge in [-0.1, -0.05) is 0 Å². The number of likely N-dealkylation sites (tertiary alicyclic amines) is 1. The molecule has 2 aromatic rings. The molecular weight excluding hydrogens is 400 g/mol. The highest BCUT2D eigenvalue weighted by Crippen LogP contribution is 2.39. The van der Waals surface area contributed by atoms with Gasteiger partial charge >= 0.3 is 0 Å². The fourth-order valence-corrected chi connectivity index (χ4v) is 3.58. The highest BCUT2D eigenvalue weighted by molar-refractivity contribution is 5.96. The largest absolute Gasteiger partial charge is 0.490 e. The lowest BCUT2D eigenvalue weighted by Crippen LogP contribution is -2.46. The first-order chi connectivity index (χ1) is 15.1. The van der Waals surface area contributed by atoms with Crippen molar-refractivity contribution in [2.24, 2.45) is 0 Å². The van der Waals surface area contributed by atoms with Gasteiger partial charge in [0.25, 0.3) is 11.8 Å². The average Bonchev–Trinajstić information content (AvgIpc) is 3.31. The summed E-state index contributed by atoms with van der Waals surface area (Å²) in [5, 5.41) is 3.07. The van der Waals surface area contributed by atoms with Gasteiger partial charge < -0.3 is 28.8 Å². The van der Waals surface area contributed by atoms with Gasteiger partial charge in [0.15, 0.2) is 11.5 Å². The van der Waals surface area contributed by atoms with Gasteiger partial charge in [-0.25, -0.2) is 0 Å². The standard InChI is InChI=1S/C23H30N2O6/c1-4-29-19-13-17(14-20(30-5-2)21(19)31-6-3)22(26)24-18-7-10-25(11-8-18)23(27)16-9-12-28-15-16/h9,12-15,18H,4-8,10-11H2,1-3H3,(H,24,26). The van der Waals surface area contributed by atoms with Crippen molar-refractivity contribution in [3.05, 3.63) is 41.9 Å². The number of nitrogens with one attached hydrogen (secondary N) is 1.